The summed E-state index contributed by atoms with van der Waals surface area (Å²) in [6, 6.07) is 19.2. The van der Waals surface area contributed by atoms with Crippen LogP contribution in [0.1, 0.15) is 18.1 Å². The van der Waals surface area contributed by atoms with E-state index in [2.05, 4.69) is 5.32 Å². The average molecular weight is 463 g/mol. The van der Waals surface area contributed by atoms with E-state index in [4.69, 9.17) is 21.1 Å². The maximum Gasteiger partial charge on any atom is 0.282 e. The number of aryl methyl sites for hydroxylation is 1. The molecule has 0 aromatic heterocycles. The Hall–Kier alpha value is -3.77. The van der Waals surface area contributed by atoms with Crippen LogP contribution < -0.4 is 19.7 Å². The number of imide groups is 1. The van der Waals surface area contributed by atoms with Crippen LogP contribution in [0.2, 0.25) is 5.02 Å². The fourth-order valence-corrected chi connectivity index (χ4v) is 3.89. The van der Waals surface area contributed by atoms with E-state index in [0.29, 0.717) is 40.1 Å². The highest BCUT2D eigenvalue weighted by molar-refractivity contribution is 6.46. The first-order valence-electron chi connectivity index (χ1n) is 10.5. The molecule has 0 bridgehead atoms. The second-order valence-electron chi connectivity index (χ2n) is 7.44. The molecule has 0 fully saturated rings. The number of carbonyl (C=O) groups excluding carboxylic acids is 2. The number of benzene rings is 3. The van der Waals surface area contributed by atoms with Gasteiger partial charge in [-0.2, -0.15) is 0 Å². The lowest BCUT2D eigenvalue weighted by molar-refractivity contribution is -0.120. The highest BCUT2D eigenvalue weighted by Gasteiger charge is 2.40. The van der Waals surface area contributed by atoms with Crippen molar-refractivity contribution in [3.05, 3.63) is 88.6 Å². The maximum atomic E-state index is 13.5. The summed E-state index contributed by atoms with van der Waals surface area (Å²) in [5.41, 5.74) is 3.10. The van der Waals surface area contributed by atoms with Gasteiger partial charge in [-0.25, -0.2) is 4.90 Å². The standard InChI is InChI=1S/C26H23ClN2O4/c1-4-33-21-10-5-17(6-11-21)23-24(28-22-14-7-18(27)15-16(22)2)26(31)29(25(23)30)19-8-12-20(32-3)13-9-19/h5-15,28H,4H2,1-3H3. The maximum absolute atomic E-state index is 13.5. The molecular formula is C26H23ClN2O4. The van der Waals surface area contributed by atoms with Gasteiger partial charge in [-0.15, -0.1) is 0 Å². The Morgan fingerprint density at radius 1 is 0.909 bits per heavy atom. The van der Waals surface area contributed by atoms with E-state index in [0.717, 1.165) is 5.56 Å². The molecule has 3 aromatic carbocycles. The van der Waals surface area contributed by atoms with Crippen LogP contribution in [0.5, 0.6) is 11.5 Å². The number of hydrogen-bond acceptors (Lipinski definition) is 5. The summed E-state index contributed by atoms with van der Waals surface area (Å²) in [5.74, 6) is 0.466. The molecule has 0 saturated heterocycles. The first-order valence-corrected chi connectivity index (χ1v) is 10.8. The van der Waals surface area contributed by atoms with Crippen LogP contribution in [-0.2, 0) is 9.59 Å². The molecule has 0 atom stereocenters. The Labute approximate surface area is 197 Å². The molecule has 168 valence electrons. The largest absolute Gasteiger partial charge is 0.497 e. The zero-order chi connectivity index (χ0) is 23.5. The van der Waals surface area contributed by atoms with Crippen LogP contribution in [0.4, 0.5) is 11.4 Å². The van der Waals surface area contributed by atoms with Gasteiger partial charge in [0, 0.05) is 10.7 Å². The Morgan fingerprint density at radius 2 is 1.58 bits per heavy atom. The van der Waals surface area contributed by atoms with Crippen molar-refractivity contribution in [2.75, 3.05) is 23.9 Å². The van der Waals surface area contributed by atoms with Gasteiger partial charge < -0.3 is 14.8 Å². The lowest BCUT2D eigenvalue weighted by Crippen LogP contribution is -2.32. The lowest BCUT2D eigenvalue weighted by atomic mass is 10.0. The van der Waals surface area contributed by atoms with E-state index >= 15 is 0 Å². The Kier molecular flexibility index (Phi) is 6.38. The van der Waals surface area contributed by atoms with Gasteiger partial charge in [0.1, 0.15) is 17.2 Å². The SMILES string of the molecule is CCOc1ccc(C2=C(Nc3ccc(Cl)cc3C)C(=O)N(c3ccc(OC)cc3)C2=O)cc1. The normalized spacial score (nSPS) is 13.5. The number of hydrogen-bond donors (Lipinski definition) is 1. The molecule has 1 aliphatic rings. The van der Waals surface area contributed by atoms with Crippen LogP contribution in [0.15, 0.2) is 72.4 Å². The molecule has 2 amide bonds. The minimum atomic E-state index is -0.441. The summed E-state index contributed by atoms with van der Waals surface area (Å²) in [6.07, 6.45) is 0. The van der Waals surface area contributed by atoms with Gasteiger partial charge >= 0.3 is 0 Å². The smallest absolute Gasteiger partial charge is 0.282 e. The molecular weight excluding hydrogens is 440 g/mol. The van der Waals surface area contributed by atoms with Gasteiger partial charge in [0.05, 0.1) is 25.0 Å². The van der Waals surface area contributed by atoms with Crippen molar-refractivity contribution in [1.29, 1.82) is 0 Å². The number of carbonyl (C=O) groups is 2. The fourth-order valence-electron chi connectivity index (χ4n) is 3.67. The van der Waals surface area contributed by atoms with E-state index in [9.17, 15) is 9.59 Å². The molecule has 1 N–H and O–H groups in total. The molecule has 4 rings (SSSR count). The molecule has 0 radical (unpaired) electrons. The molecule has 0 saturated carbocycles. The van der Waals surface area contributed by atoms with Crippen LogP contribution in [0, 0.1) is 6.92 Å². The summed E-state index contributed by atoms with van der Waals surface area (Å²) < 4.78 is 10.7. The number of nitrogens with zero attached hydrogens (tertiary/aromatic N) is 1. The first-order chi connectivity index (χ1) is 15.9. The van der Waals surface area contributed by atoms with E-state index < -0.39 is 11.8 Å². The molecule has 3 aromatic rings. The van der Waals surface area contributed by atoms with Crippen LogP contribution in [0.25, 0.3) is 5.57 Å². The van der Waals surface area contributed by atoms with Gasteiger partial charge in [-0.1, -0.05) is 23.7 Å². The van der Waals surface area contributed by atoms with Crippen molar-refractivity contribution in [3.8, 4) is 11.5 Å². The van der Waals surface area contributed by atoms with Gasteiger partial charge in [-0.05, 0) is 79.6 Å². The van der Waals surface area contributed by atoms with E-state index in [1.807, 2.05) is 13.8 Å². The molecule has 1 heterocycles. The molecule has 0 aliphatic carbocycles. The predicted octanol–water partition coefficient (Wildman–Crippen LogP) is 5.45. The third-order valence-corrected chi connectivity index (χ3v) is 5.55. The number of amides is 2. The highest BCUT2D eigenvalue weighted by atomic mass is 35.5. The first kappa shape index (κ1) is 22.4. The summed E-state index contributed by atoms with van der Waals surface area (Å²) in [4.78, 5) is 28.2. The Balaban J connectivity index is 1.79. The van der Waals surface area contributed by atoms with Gasteiger partial charge in [0.2, 0.25) is 0 Å². The number of anilines is 2. The number of nitrogens with one attached hydrogen (secondary N) is 1. The summed E-state index contributed by atoms with van der Waals surface area (Å²) >= 11 is 6.09. The predicted molar refractivity (Wildman–Crippen MR) is 130 cm³/mol. The second kappa shape index (κ2) is 9.38. The third kappa shape index (κ3) is 4.43. The van der Waals surface area contributed by atoms with Crippen molar-refractivity contribution in [2.45, 2.75) is 13.8 Å². The minimum absolute atomic E-state index is 0.199. The van der Waals surface area contributed by atoms with E-state index in [-0.39, 0.29) is 11.3 Å². The highest BCUT2D eigenvalue weighted by Crippen LogP contribution is 2.35. The van der Waals surface area contributed by atoms with Gasteiger partial charge in [0.15, 0.2) is 0 Å². The number of rotatable bonds is 7. The average Bonchev–Trinajstić information content (AvgIpc) is 3.06. The topological polar surface area (TPSA) is 67.9 Å². The second-order valence-corrected chi connectivity index (χ2v) is 7.87. The molecule has 33 heavy (non-hydrogen) atoms. The van der Waals surface area contributed by atoms with E-state index in [1.165, 1.54) is 4.90 Å². The van der Waals surface area contributed by atoms with Crippen molar-refractivity contribution in [1.82, 2.24) is 0 Å². The number of methoxy groups -OCH3 is 1. The Morgan fingerprint density at radius 3 is 2.18 bits per heavy atom. The van der Waals surface area contributed by atoms with E-state index in [1.54, 1.807) is 73.8 Å². The summed E-state index contributed by atoms with van der Waals surface area (Å²) in [6.45, 7) is 4.32. The minimum Gasteiger partial charge on any atom is -0.497 e. The molecule has 0 spiro atoms. The fraction of sp³-hybridized carbons (Fsp3) is 0.154. The number of ether oxygens (including phenoxy) is 2. The summed E-state index contributed by atoms with van der Waals surface area (Å²) in [5, 5.41) is 3.77. The zero-order valence-electron chi connectivity index (χ0n) is 18.5. The van der Waals surface area contributed by atoms with Crippen LogP contribution >= 0.6 is 11.6 Å². The lowest BCUT2D eigenvalue weighted by Gasteiger charge is -2.16. The van der Waals surface area contributed by atoms with Gasteiger partial charge in [0.25, 0.3) is 11.8 Å². The molecule has 0 unspecified atom stereocenters. The number of halogens is 1. The Bertz CT molecular complexity index is 1230. The van der Waals surface area contributed by atoms with Crippen molar-refractivity contribution in [2.24, 2.45) is 0 Å². The molecule has 1 aliphatic heterocycles. The molecule has 6 nitrogen and oxygen atoms in total. The monoisotopic (exact) mass is 462 g/mol. The molecule has 7 heteroatoms. The van der Waals surface area contributed by atoms with Crippen molar-refractivity contribution in [3.63, 3.8) is 0 Å². The third-order valence-electron chi connectivity index (χ3n) is 5.32. The quantitative estimate of drug-likeness (QED) is 0.473. The van der Waals surface area contributed by atoms with Gasteiger partial charge in [-0.3, -0.25) is 9.59 Å². The van der Waals surface area contributed by atoms with Crippen molar-refractivity contribution < 1.29 is 19.1 Å². The zero-order valence-corrected chi connectivity index (χ0v) is 19.3. The summed E-state index contributed by atoms with van der Waals surface area (Å²) in [7, 11) is 1.56. The van der Waals surface area contributed by atoms with Crippen LogP contribution in [-0.4, -0.2) is 25.5 Å². The van der Waals surface area contributed by atoms with Crippen LogP contribution in [0.3, 0.4) is 0 Å². The van der Waals surface area contributed by atoms with Crippen molar-refractivity contribution >= 4 is 40.4 Å².